The Balaban J connectivity index is 1.84. The van der Waals surface area contributed by atoms with Gasteiger partial charge in [-0.1, -0.05) is 12.8 Å². The van der Waals surface area contributed by atoms with Gasteiger partial charge in [0.25, 0.3) is 0 Å². The zero-order chi connectivity index (χ0) is 17.7. The Morgan fingerprint density at radius 3 is 2.29 bits per heavy atom. The summed E-state index contributed by atoms with van der Waals surface area (Å²) in [7, 11) is 0. The van der Waals surface area contributed by atoms with Crippen LogP contribution in [-0.4, -0.2) is 77.9 Å². The van der Waals surface area contributed by atoms with E-state index < -0.39 is 0 Å². The van der Waals surface area contributed by atoms with Crippen LogP contribution in [0.5, 0.6) is 0 Å². The van der Waals surface area contributed by atoms with E-state index in [0.717, 1.165) is 51.9 Å². The summed E-state index contributed by atoms with van der Waals surface area (Å²) < 4.78 is 0. The highest BCUT2D eigenvalue weighted by molar-refractivity contribution is 5.81. The lowest BCUT2D eigenvalue weighted by molar-refractivity contribution is -0.141. The molecule has 2 fully saturated rings. The van der Waals surface area contributed by atoms with E-state index in [-0.39, 0.29) is 23.3 Å². The van der Waals surface area contributed by atoms with Crippen LogP contribution in [0, 0.1) is 5.92 Å². The maximum Gasteiger partial charge on any atom is 0.236 e. The molecule has 2 atom stereocenters. The number of piperazine rings is 1. The fourth-order valence-electron chi connectivity index (χ4n) is 3.98. The van der Waals surface area contributed by atoms with E-state index in [1.807, 2.05) is 30.6 Å². The summed E-state index contributed by atoms with van der Waals surface area (Å²) in [5.74, 6) is 0.353. The van der Waals surface area contributed by atoms with Gasteiger partial charge < -0.3 is 15.5 Å². The van der Waals surface area contributed by atoms with Crippen LogP contribution in [0.1, 0.15) is 46.5 Å². The largest absolute Gasteiger partial charge is 0.342 e. The van der Waals surface area contributed by atoms with Gasteiger partial charge in [0.1, 0.15) is 0 Å². The third kappa shape index (κ3) is 4.48. The van der Waals surface area contributed by atoms with Gasteiger partial charge in [-0.2, -0.15) is 0 Å². The van der Waals surface area contributed by atoms with E-state index in [0.29, 0.717) is 19.6 Å². The van der Waals surface area contributed by atoms with Crippen molar-refractivity contribution < 1.29 is 9.59 Å². The lowest BCUT2D eigenvalue weighted by atomic mass is 9.74. The molecule has 2 aliphatic rings. The van der Waals surface area contributed by atoms with Crippen LogP contribution in [0.15, 0.2) is 0 Å². The standard InChI is InChI=1S/C18H34N4O2/c1-4-21(5-2)16(23)14-20-10-12-22(13-11-20)17(24)15-8-6-7-9-18(15,3)19/h15H,4-14,19H2,1-3H3. The van der Waals surface area contributed by atoms with Crippen LogP contribution in [0.3, 0.4) is 0 Å². The summed E-state index contributed by atoms with van der Waals surface area (Å²) in [6.45, 7) is 11.0. The predicted octanol–water partition coefficient (Wildman–Crippen LogP) is 0.907. The van der Waals surface area contributed by atoms with Gasteiger partial charge in [-0.05, 0) is 33.6 Å². The second kappa shape index (κ2) is 8.30. The summed E-state index contributed by atoms with van der Waals surface area (Å²) in [6.07, 6.45) is 4.06. The highest BCUT2D eigenvalue weighted by Crippen LogP contribution is 2.33. The number of rotatable bonds is 5. The molecule has 138 valence electrons. The van der Waals surface area contributed by atoms with Crippen molar-refractivity contribution in [2.45, 2.75) is 52.0 Å². The van der Waals surface area contributed by atoms with Crippen molar-refractivity contribution in [2.24, 2.45) is 11.7 Å². The fraction of sp³-hybridized carbons (Fsp3) is 0.889. The quantitative estimate of drug-likeness (QED) is 0.809. The molecule has 1 aliphatic heterocycles. The molecule has 2 amide bonds. The average molecular weight is 338 g/mol. The lowest BCUT2D eigenvalue weighted by Gasteiger charge is -2.42. The van der Waals surface area contributed by atoms with Crippen LogP contribution in [0.4, 0.5) is 0 Å². The Bertz CT molecular complexity index is 440. The normalized spacial score (nSPS) is 28.7. The number of nitrogens with two attached hydrogens (primary N) is 1. The number of carbonyl (C=O) groups is 2. The van der Waals surface area contributed by atoms with Crippen molar-refractivity contribution in [1.82, 2.24) is 14.7 Å². The first kappa shape index (κ1) is 19.2. The van der Waals surface area contributed by atoms with Crippen molar-refractivity contribution >= 4 is 11.8 Å². The van der Waals surface area contributed by atoms with Gasteiger partial charge in [-0.15, -0.1) is 0 Å². The van der Waals surface area contributed by atoms with Gasteiger partial charge in [-0.25, -0.2) is 0 Å². The van der Waals surface area contributed by atoms with E-state index >= 15 is 0 Å². The SMILES string of the molecule is CCN(CC)C(=O)CN1CCN(C(=O)C2CCCCC2(C)N)CC1. The molecule has 6 nitrogen and oxygen atoms in total. The van der Waals surface area contributed by atoms with E-state index in [4.69, 9.17) is 5.73 Å². The number of hydrogen-bond acceptors (Lipinski definition) is 4. The summed E-state index contributed by atoms with van der Waals surface area (Å²) in [5, 5.41) is 0. The smallest absolute Gasteiger partial charge is 0.236 e. The van der Waals surface area contributed by atoms with Gasteiger partial charge in [0.2, 0.25) is 11.8 Å². The molecular weight excluding hydrogens is 304 g/mol. The molecule has 2 N–H and O–H groups in total. The van der Waals surface area contributed by atoms with Crippen molar-refractivity contribution in [3.63, 3.8) is 0 Å². The van der Waals surface area contributed by atoms with Crippen molar-refractivity contribution in [2.75, 3.05) is 45.8 Å². The first-order chi connectivity index (χ1) is 11.4. The summed E-state index contributed by atoms with van der Waals surface area (Å²) in [6, 6.07) is 0. The minimum Gasteiger partial charge on any atom is -0.342 e. The Hall–Kier alpha value is -1.14. The van der Waals surface area contributed by atoms with Crippen LogP contribution < -0.4 is 5.73 Å². The molecule has 1 saturated carbocycles. The van der Waals surface area contributed by atoms with Crippen molar-refractivity contribution in [1.29, 1.82) is 0 Å². The second-order valence-corrected chi connectivity index (χ2v) is 7.47. The molecule has 1 heterocycles. The van der Waals surface area contributed by atoms with E-state index in [9.17, 15) is 9.59 Å². The molecule has 2 unspecified atom stereocenters. The number of carbonyl (C=O) groups excluding carboxylic acids is 2. The molecule has 6 heteroatoms. The van der Waals surface area contributed by atoms with Crippen LogP contribution >= 0.6 is 0 Å². The van der Waals surface area contributed by atoms with Gasteiger partial charge in [-0.3, -0.25) is 14.5 Å². The fourth-order valence-corrected chi connectivity index (χ4v) is 3.98. The number of hydrogen-bond donors (Lipinski definition) is 1. The maximum absolute atomic E-state index is 12.9. The Labute approximate surface area is 146 Å². The molecule has 0 aromatic rings. The summed E-state index contributed by atoms with van der Waals surface area (Å²) in [5.41, 5.74) is 6.01. The molecule has 1 saturated heterocycles. The zero-order valence-corrected chi connectivity index (χ0v) is 15.6. The first-order valence-corrected chi connectivity index (χ1v) is 9.46. The molecule has 0 radical (unpaired) electrons. The van der Waals surface area contributed by atoms with Gasteiger partial charge in [0.15, 0.2) is 0 Å². The predicted molar refractivity (Wildman–Crippen MR) is 95.5 cm³/mol. The molecule has 0 spiro atoms. The Kier molecular flexibility index (Phi) is 6.63. The highest BCUT2D eigenvalue weighted by Gasteiger charge is 2.40. The second-order valence-electron chi connectivity index (χ2n) is 7.47. The van der Waals surface area contributed by atoms with Gasteiger partial charge in [0.05, 0.1) is 12.5 Å². The number of nitrogens with zero attached hydrogens (tertiary/aromatic N) is 3. The summed E-state index contributed by atoms with van der Waals surface area (Å²) >= 11 is 0. The van der Waals surface area contributed by atoms with E-state index in [1.165, 1.54) is 0 Å². The molecule has 0 aromatic carbocycles. The first-order valence-electron chi connectivity index (χ1n) is 9.46. The molecule has 0 aromatic heterocycles. The van der Waals surface area contributed by atoms with E-state index in [2.05, 4.69) is 4.90 Å². The monoisotopic (exact) mass is 338 g/mol. The van der Waals surface area contributed by atoms with Crippen LogP contribution in [0.2, 0.25) is 0 Å². The third-order valence-corrected chi connectivity index (χ3v) is 5.71. The zero-order valence-electron chi connectivity index (χ0n) is 15.6. The minimum absolute atomic E-state index is 0.0462. The van der Waals surface area contributed by atoms with Crippen LogP contribution in [0.25, 0.3) is 0 Å². The lowest BCUT2D eigenvalue weighted by Crippen LogP contribution is -2.57. The highest BCUT2D eigenvalue weighted by atomic mass is 16.2. The van der Waals surface area contributed by atoms with Crippen molar-refractivity contribution in [3.8, 4) is 0 Å². The topological polar surface area (TPSA) is 69.9 Å². The molecular formula is C18H34N4O2. The number of likely N-dealkylation sites (N-methyl/N-ethyl adjacent to an activating group) is 1. The van der Waals surface area contributed by atoms with Crippen molar-refractivity contribution in [3.05, 3.63) is 0 Å². The van der Waals surface area contributed by atoms with Gasteiger partial charge in [0, 0.05) is 44.8 Å². The van der Waals surface area contributed by atoms with Crippen LogP contribution in [-0.2, 0) is 9.59 Å². The molecule has 1 aliphatic carbocycles. The summed E-state index contributed by atoms with van der Waals surface area (Å²) in [4.78, 5) is 31.0. The minimum atomic E-state index is -0.370. The van der Waals surface area contributed by atoms with Gasteiger partial charge >= 0.3 is 0 Å². The maximum atomic E-state index is 12.9. The third-order valence-electron chi connectivity index (χ3n) is 5.71. The Morgan fingerprint density at radius 2 is 1.75 bits per heavy atom. The molecule has 24 heavy (non-hydrogen) atoms. The number of amides is 2. The molecule has 0 bridgehead atoms. The van der Waals surface area contributed by atoms with E-state index in [1.54, 1.807) is 0 Å². The Morgan fingerprint density at radius 1 is 1.12 bits per heavy atom. The average Bonchev–Trinajstić information content (AvgIpc) is 2.55. The molecule has 2 rings (SSSR count).